The number of sulfonamides is 1. The first-order valence-corrected chi connectivity index (χ1v) is 10.4. The van der Waals surface area contributed by atoms with Gasteiger partial charge >= 0.3 is 5.97 Å². The lowest BCUT2D eigenvalue weighted by Gasteiger charge is -2.14. The number of hydrogen-bond donors (Lipinski definition) is 1. The highest BCUT2D eigenvalue weighted by molar-refractivity contribution is 7.89. The number of nitrogens with one attached hydrogen (secondary N) is 1. The van der Waals surface area contributed by atoms with Crippen LogP contribution in [0.5, 0.6) is 0 Å². The predicted molar refractivity (Wildman–Crippen MR) is 107 cm³/mol. The highest BCUT2D eigenvalue weighted by Crippen LogP contribution is 2.16. The summed E-state index contributed by atoms with van der Waals surface area (Å²) in [5, 5.41) is 0. The topological polar surface area (TPSA) is 89.5 Å². The van der Waals surface area contributed by atoms with Crippen molar-refractivity contribution < 1.29 is 22.7 Å². The number of aryl methyl sites for hydroxylation is 4. The van der Waals surface area contributed by atoms with Crippen LogP contribution in [0.4, 0.5) is 0 Å². The van der Waals surface area contributed by atoms with Crippen molar-refractivity contribution in [3.63, 3.8) is 0 Å². The Labute approximate surface area is 166 Å². The van der Waals surface area contributed by atoms with E-state index < -0.39 is 28.6 Å². The maximum absolute atomic E-state index is 12.4. The van der Waals surface area contributed by atoms with E-state index in [1.807, 2.05) is 33.8 Å². The van der Waals surface area contributed by atoms with E-state index in [4.69, 9.17) is 4.74 Å². The molecular weight excluding hydrogens is 378 g/mol. The molecule has 0 unspecified atom stereocenters. The molecule has 0 saturated heterocycles. The van der Waals surface area contributed by atoms with E-state index >= 15 is 0 Å². The van der Waals surface area contributed by atoms with Crippen molar-refractivity contribution in [3.8, 4) is 0 Å². The van der Waals surface area contributed by atoms with Gasteiger partial charge in [0, 0.05) is 5.56 Å². The number of ketones is 1. The molecule has 7 heteroatoms. The average Bonchev–Trinajstić information content (AvgIpc) is 2.62. The first-order valence-electron chi connectivity index (χ1n) is 8.88. The second-order valence-corrected chi connectivity index (χ2v) is 8.65. The number of carbonyl (C=O) groups excluding carboxylic acids is 2. The predicted octanol–water partition coefficient (Wildman–Crippen LogP) is 3.01. The molecule has 6 nitrogen and oxygen atoms in total. The summed E-state index contributed by atoms with van der Waals surface area (Å²) in [7, 11) is -3.86. The van der Waals surface area contributed by atoms with Gasteiger partial charge in [-0.3, -0.25) is 9.59 Å². The molecule has 0 spiro atoms. The third-order valence-corrected chi connectivity index (χ3v) is 6.06. The lowest BCUT2D eigenvalue weighted by atomic mass is 9.98. The van der Waals surface area contributed by atoms with Crippen molar-refractivity contribution >= 4 is 21.8 Å². The van der Waals surface area contributed by atoms with E-state index in [9.17, 15) is 18.0 Å². The molecule has 0 aliphatic heterocycles. The van der Waals surface area contributed by atoms with Crippen LogP contribution in [0.15, 0.2) is 41.3 Å². The van der Waals surface area contributed by atoms with Gasteiger partial charge in [0.1, 0.15) is 6.04 Å². The number of benzene rings is 2. The summed E-state index contributed by atoms with van der Waals surface area (Å²) in [5.41, 5.74) is 4.26. The molecule has 0 amide bonds. The van der Waals surface area contributed by atoms with Gasteiger partial charge in [-0.2, -0.15) is 4.72 Å². The summed E-state index contributed by atoms with van der Waals surface area (Å²) < 4.78 is 32.0. The van der Waals surface area contributed by atoms with Crippen LogP contribution in [0.1, 0.15) is 39.5 Å². The Morgan fingerprint density at radius 1 is 0.964 bits per heavy atom. The van der Waals surface area contributed by atoms with Crippen LogP contribution < -0.4 is 4.72 Å². The van der Waals surface area contributed by atoms with Crippen molar-refractivity contribution in [1.29, 1.82) is 0 Å². The van der Waals surface area contributed by atoms with Gasteiger partial charge in [-0.15, -0.1) is 0 Å². The molecule has 0 saturated carbocycles. The number of rotatable bonds is 7. The van der Waals surface area contributed by atoms with Crippen LogP contribution in [-0.2, 0) is 19.6 Å². The molecule has 0 bridgehead atoms. The maximum Gasteiger partial charge on any atom is 0.324 e. The third-order valence-electron chi connectivity index (χ3n) is 4.50. The molecule has 28 heavy (non-hydrogen) atoms. The largest absolute Gasteiger partial charge is 0.456 e. The monoisotopic (exact) mass is 403 g/mol. The Bertz CT molecular complexity index is 994. The second kappa shape index (κ2) is 8.67. The zero-order valence-corrected chi connectivity index (χ0v) is 17.5. The molecular formula is C21H25NO5S. The highest BCUT2D eigenvalue weighted by atomic mass is 32.2. The Morgan fingerprint density at radius 3 is 2.14 bits per heavy atom. The van der Waals surface area contributed by atoms with Gasteiger partial charge in [0.05, 0.1) is 4.90 Å². The van der Waals surface area contributed by atoms with Crippen molar-refractivity contribution in [2.24, 2.45) is 0 Å². The fourth-order valence-corrected chi connectivity index (χ4v) is 3.86. The zero-order chi connectivity index (χ0) is 21.1. The fraction of sp³-hybridized carbons (Fsp3) is 0.333. The molecule has 0 heterocycles. The Hall–Kier alpha value is -2.51. The molecule has 2 rings (SSSR count). The molecule has 2 aromatic carbocycles. The van der Waals surface area contributed by atoms with Gasteiger partial charge in [-0.1, -0.05) is 23.8 Å². The molecule has 1 N–H and O–H groups in total. The quantitative estimate of drug-likeness (QED) is 0.567. The molecule has 1 atom stereocenters. The summed E-state index contributed by atoms with van der Waals surface area (Å²) in [6.07, 6.45) is 0. The van der Waals surface area contributed by atoms with E-state index in [0.29, 0.717) is 5.56 Å². The van der Waals surface area contributed by atoms with Crippen LogP contribution in [0.3, 0.4) is 0 Å². The summed E-state index contributed by atoms with van der Waals surface area (Å²) in [4.78, 5) is 24.6. The number of Topliss-reactive ketones (excluding diaryl/α,β-unsaturated/α-hetero) is 1. The van der Waals surface area contributed by atoms with E-state index in [1.54, 1.807) is 18.2 Å². The lowest BCUT2D eigenvalue weighted by molar-refractivity contribution is -0.144. The number of ether oxygens (including phenoxy) is 1. The lowest BCUT2D eigenvalue weighted by Crippen LogP contribution is -2.40. The van der Waals surface area contributed by atoms with Crippen LogP contribution in [0.25, 0.3) is 0 Å². The van der Waals surface area contributed by atoms with E-state index in [-0.39, 0.29) is 10.7 Å². The minimum atomic E-state index is -3.86. The molecule has 0 aliphatic carbocycles. The molecule has 150 valence electrons. The van der Waals surface area contributed by atoms with E-state index in [1.165, 1.54) is 19.1 Å². The fourth-order valence-electron chi connectivity index (χ4n) is 2.67. The molecule has 0 fully saturated rings. The highest BCUT2D eigenvalue weighted by Gasteiger charge is 2.24. The van der Waals surface area contributed by atoms with Gasteiger partial charge < -0.3 is 4.74 Å². The molecule has 0 radical (unpaired) electrons. The van der Waals surface area contributed by atoms with Crippen molar-refractivity contribution in [1.82, 2.24) is 4.72 Å². The van der Waals surface area contributed by atoms with Crippen LogP contribution in [-0.4, -0.2) is 32.8 Å². The van der Waals surface area contributed by atoms with Gasteiger partial charge in [-0.05, 0) is 69.5 Å². The Morgan fingerprint density at radius 2 is 1.54 bits per heavy atom. The van der Waals surface area contributed by atoms with Crippen molar-refractivity contribution in [3.05, 3.63) is 64.2 Å². The average molecular weight is 404 g/mol. The van der Waals surface area contributed by atoms with Crippen LogP contribution >= 0.6 is 0 Å². The minimum Gasteiger partial charge on any atom is -0.456 e. The first kappa shape index (κ1) is 21.8. The third kappa shape index (κ3) is 5.27. The van der Waals surface area contributed by atoms with Crippen molar-refractivity contribution in [2.75, 3.05) is 6.61 Å². The molecule has 2 aromatic rings. The number of carbonyl (C=O) groups is 2. The standard InChI is InChI=1S/C21H25NO5S/c1-13-6-8-18(9-7-13)28(25,26)22-17(5)21(24)27-12-20(23)19-11-15(3)14(2)10-16(19)4/h6-11,17,22H,12H2,1-5H3/t17-/m0/s1. The van der Waals surface area contributed by atoms with Gasteiger partial charge in [-0.25, -0.2) is 8.42 Å². The Kier molecular flexibility index (Phi) is 6.74. The van der Waals surface area contributed by atoms with Gasteiger partial charge in [0.25, 0.3) is 0 Å². The molecule has 0 aromatic heterocycles. The number of hydrogen-bond acceptors (Lipinski definition) is 5. The number of esters is 1. The van der Waals surface area contributed by atoms with Crippen LogP contribution in [0.2, 0.25) is 0 Å². The van der Waals surface area contributed by atoms with Crippen molar-refractivity contribution in [2.45, 2.75) is 45.6 Å². The summed E-state index contributed by atoms with van der Waals surface area (Å²) >= 11 is 0. The SMILES string of the molecule is Cc1ccc(S(=O)(=O)N[C@@H](C)C(=O)OCC(=O)c2cc(C)c(C)cc2C)cc1. The normalized spacial score (nSPS) is 12.5. The summed E-state index contributed by atoms with van der Waals surface area (Å²) in [6, 6.07) is 8.81. The minimum absolute atomic E-state index is 0.0552. The molecule has 0 aliphatic rings. The Balaban J connectivity index is 2.00. The maximum atomic E-state index is 12.4. The smallest absolute Gasteiger partial charge is 0.324 e. The van der Waals surface area contributed by atoms with Gasteiger partial charge in [0.15, 0.2) is 6.61 Å². The second-order valence-electron chi connectivity index (χ2n) is 6.94. The van der Waals surface area contributed by atoms with Gasteiger partial charge in [0.2, 0.25) is 15.8 Å². The van der Waals surface area contributed by atoms with E-state index in [0.717, 1.165) is 22.3 Å². The van der Waals surface area contributed by atoms with Crippen LogP contribution in [0, 0.1) is 27.7 Å². The first-order chi connectivity index (χ1) is 13.0. The summed E-state index contributed by atoms with van der Waals surface area (Å²) in [5.74, 6) is -1.15. The zero-order valence-electron chi connectivity index (χ0n) is 16.7. The summed E-state index contributed by atoms with van der Waals surface area (Å²) in [6.45, 7) is 8.45. The van der Waals surface area contributed by atoms with E-state index in [2.05, 4.69) is 4.72 Å².